The van der Waals surface area contributed by atoms with E-state index in [9.17, 15) is 18.8 Å². The standard InChI is InChI=1S/C19H20FN3O4/c1-23(11-17(24)21-14-9-7-13(20)8-10-14)12-18(25)22-16-6-4-3-5-15(16)19(26)27-2/h3-10H,11-12H2,1-2H3,(H,21,24)(H,22,25). The summed E-state index contributed by atoms with van der Waals surface area (Å²) >= 11 is 0. The second-order valence-corrected chi connectivity index (χ2v) is 5.81. The number of para-hydroxylation sites is 1. The van der Waals surface area contributed by atoms with E-state index in [0.717, 1.165) is 0 Å². The van der Waals surface area contributed by atoms with Gasteiger partial charge in [-0.2, -0.15) is 0 Å². The lowest BCUT2D eigenvalue weighted by molar-refractivity contribution is -0.119. The minimum absolute atomic E-state index is 0.0382. The van der Waals surface area contributed by atoms with Crippen LogP contribution in [0.1, 0.15) is 10.4 Å². The molecule has 0 aliphatic heterocycles. The molecule has 0 aliphatic carbocycles. The van der Waals surface area contributed by atoms with Crippen molar-refractivity contribution in [3.63, 3.8) is 0 Å². The highest BCUT2D eigenvalue weighted by Crippen LogP contribution is 2.16. The Morgan fingerprint density at radius 3 is 2.19 bits per heavy atom. The van der Waals surface area contributed by atoms with Gasteiger partial charge in [-0.05, 0) is 43.4 Å². The van der Waals surface area contributed by atoms with E-state index in [4.69, 9.17) is 0 Å². The average Bonchev–Trinajstić information content (AvgIpc) is 2.63. The Bertz CT molecular complexity index is 824. The first kappa shape index (κ1) is 20.1. The van der Waals surface area contributed by atoms with Gasteiger partial charge in [0.05, 0.1) is 31.5 Å². The molecule has 0 aliphatic rings. The fourth-order valence-corrected chi connectivity index (χ4v) is 2.35. The highest BCUT2D eigenvalue weighted by atomic mass is 19.1. The Balaban J connectivity index is 1.87. The fourth-order valence-electron chi connectivity index (χ4n) is 2.35. The summed E-state index contributed by atoms with van der Waals surface area (Å²) < 4.78 is 17.5. The number of carbonyl (C=O) groups excluding carboxylic acids is 3. The van der Waals surface area contributed by atoms with E-state index in [1.165, 1.54) is 36.3 Å². The molecular weight excluding hydrogens is 353 g/mol. The number of ether oxygens (including phenoxy) is 1. The summed E-state index contributed by atoms with van der Waals surface area (Å²) in [6.45, 7) is -0.101. The third-order valence-corrected chi connectivity index (χ3v) is 3.56. The maximum absolute atomic E-state index is 12.9. The summed E-state index contributed by atoms with van der Waals surface area (Å²) in [4.78, 5) is 37.4. The SMILES string of the molecule is COC(=O)c1ccccc1NC(=O)CN(C)CC(=O)Nc1ccc(F)cc1. The molecule has 2 aromatic carbocycles. The summed E-state index contributed by atoms with van der Waals surface area (Å²) in [6, 6.07) is 11.9. The lowest BCUT2D eigenvalue weighted by atomic mass is 10.2. The molecule has 2 rings (SSSR count). The van der Waals surface area contributed by atoms with Crippen LogP contribution in [-0.4, -0.2) is 49.9 Å². The lowest BCUT2D eigenvalue weighted by Gasteiger charge is -2.16. The molecule has 27 heavy (non-hydrogen) atoms. The molecule has 2 aromatic rings. The highest BCUT2D eigenvalue weighted by Gasteiger charge is 2.15. The molecule has 142 valence electrons. The van der Waals surface area contributed by atoms with E-state index in [1.807, 2.05) is 0 Å². The van der Waals surface area contributed by atoms with Crippen molar-refractivity contribution >= 4 is 29.2 Å². The maximum Gasteiger partial charge on any atom is 0.339 e. The van der Waals surface area contributed by atoms with Gasteiger partial charge in [0.2, 0.25) is 11.8 Å². The van der Waals surface area contributed by atoms with Gasteiger partial charge in [0.1, 0.15) is 5.82 Å². The monoisotopic (exact) mass is 373 g/mol. The average molecular weight is 373 g/mol. The molecule has 0 aromatic heterocycles. The zero-order valence-electron chi connectivity index (χ0n) is 15.0. The van der Waals surface area contributed by atoms with Gasteiger partial charge in [0.15, 0.2) is 0 Å². The number of benzene rings is 2. The van der Waals surface area contributed by atoms with Crippen LogP contribution in [0, 0.1) is 5.82 Å². The van der Waals surface area contributed by atoms with Gasteiger partial charge in [-0.3, -0.25) is 14.5 Å². The van der Waals surface area contributed by atoms with Gasteiger partial charge < -0.3 is 15.4 Å². The van der Waals surface area contributed by atoms with Crippen LogP contribution < -0.4 is 10.6 Å². The van der Waals surface area contributed by atoms with E-state index < -0.39 is 11.8 Å². The smallest absolute Gasteiger partial charge is 0.339 e. The number of anilines is 2. The van der Waals surface area contributed by atoms with Crippen molar-refractivity contribution in [2.75, 3.05) is 37.9 Å². The van der Waals surface area contributed by atoms with Crippen LogP contribution >= 0.6 is 0 Å². The van der Waals surface area contributed by atoms with Crippen LogP contribution in [0.25, 0.3) is 0 Å². The summed E-state index contributed by atoms with van der Waals surface area (Å²) in [5.74, 6) is -1.68. The first-order chi connectivity index (χ1) is 12.9. The van der Waals surface area contributed by atoms with Gasteiger partial charge in [-0.25, -0.2) is 9.18 Å². The number of esters is 1. The van der Waals surface area contributed by atoms with Gasteiger partial charge in [0, 0.05) is 5.69 Å². The van der Waals surface area contributed by atoms with Crippen molar-refractivity contribution in [3.05, 3.63) is 59.9 Å². The zero-order valence-corrected chi connectivity index (χ0v) is 15.0. The molecule has 0 radical (unpaired) electrons. The zero-order chi connectivity index (χ0) is 19.8. The second kappa shape index (κ2) is 9.44. The van der Waals surface area contributed by atoms with Crippen LogP contribution in [-0.2, 0) is 14.3 Å². The van der Waals surface area contributed by atoms with Crippen molar-refractivity contribution in [3.8, 4) is 0 Å². The Hall–Kier alpha value is -3.26. The van der Waals surface area contributed by atoms with Crippen LogP contribution in [0.15, 0.2) is 48.5 Å². The largest absolute Gasteiger partial charge is 0.465 e. The molecule has 2 N–H and O–H groups in total. The van der Waals surface area contributed by atoms with Crippen LogP contribution in [0.4, 0.5) is 15.8 Å². The van der Waals surface area contributed by atoms with Gasteiger partial charge in [-0.15, -0.1) is 0 Å². The third-order valence-electron chi connectivity index (χ3n) is 3.56. The third kappa shape index (κ3) is 6.19. The molecule has 8 heteroatoms. The number of nitrogens with zero attached hydrogens (tertiary/aromatic N) is 1. The second-order valence-electron chi connectivity index (χ2n) is 5.81. The fraction of sp³-hybridized carbons (Fsp3) is 0.211. The topological polar surface area (TPSA) is 87.7 Å². The Morgan fingerprint density at radius 1 is 0.963 bits per heavy atom. The molecule has 0 saturated heterocycles. The molecule has 0 unspecified atom stereocenters. The van der Waals surface area contributed by atoms with E-state index in [1.54, 1.807) is 31.3 Å². The number of nitrogens with one attached hydrogen (secondary N) is 2. The first-order valence-electron chi connectivity index (χ1n) is 8.10. The molecule has 0 spiro atoms. The quantitative estimate of drug-likeness (QED) is 0.726. The Morgan fingerprint density at radius 2 is 1.56 bits per heavy atom. The van der Waals surface area contributed by atoms with Crippen molar-refractivity contribution in [2.45, 2.75) is 0 Å². The highest BCUT2D eigenvalue weighted by molar-refractivity contribution is 6.02. The van der Waals surface area contributed by atoms with E-state index >= 15 is 0 Å². The predicted molar refractivity (Wildman–Crippen MR) is 98.9 cm³/mol. The number of hydrogen-bond donors (Lipinski definition) is 2. The predicted octanol–water partition coefficient (Wildman–Crippen LogP) is 2.12. The van der Waals surface area contributed by atoms with Gasteiger partial charge in [0.25, 0.3) is 0 Å². The van der Waals surface area contributed by atoms with Crippen molar-refractivity contribution in [1.29, 1.82) is 0 Å². The van der Waals surface area contributed by atoms with Gasteiger partial charge >= 0.3 is 5.97 Å². The molecule has 0 bridgehead atoms. The van der Waals surface area contributed by atoms with Crippen molar-refractivity contribution in [1.82, 2.24) is 4.90 Å². The number of rotatable bonds is 7. The minimum Gasteiger partial charge on any atom is -0.465 e. The summed E-state index contributed by atoms with van der Waals surface area (Å²) in [6.07, 6.45) is 0. The molecule has 0 saturated carbocycles. The van der Waals surface area contributed by atoms with Crippen molar-refractivity contribution < 1.29 is 23.5 Å². The molecular formula is C19H20FN3O4. The van der Waals surface area contributed by atoms with Crippen LogP contribution in [0.5, 0.6) is 0 Å². The number of hydrogen-bond acceptors (Lipinski definition) is 5. The van der Waals surface area contributed by atoms with E-state index in [0.29, 0.717) is 11.4 Å². The first-order valence-corrected chi connectivity index (χ1v) is 8.10. The number of carbonyl (C=O) groups is 3. The molecule has 7 nitrogen and oxygen atoms in total. The summed E-state index contributed by atoms with van der Waals surface area (Å²) in [5, 5.41) is 5.25. The Labute approximate surface area is 156 Å². The van der Waals surface area contributed by atoms with Crippen LogP contribution in [0.2, 0.25) is 0 Å². The van der Waals surface area contributed by atoms with E-state index in [2.05, 4.69) is 15.4 Å². The lowest BCUT2D eigenvalue weighted by Crippen LogP contribution is -2.36. The maximum atomic E-state index is 12.9. The number of amides is 2. The number of likely N-dealkylation sites (N-methyl/N-ethyl adjacent to an activating group) is 1. The normalized spacial score (nSPS) is 10.4. The molecule has 0 atom stereocenters. The van der Waals surface area contributed by atoms with Crippen LogP contribution in [0.3, 0.4) is 0 Å². The van der Waals surface area contributed by atoms with E-state index in [-0.39, 0.29) is 30.5 Å². The molecule has 2 amide bonds. The minimum atomic E-state index is -0.557. The summed E-state index contributed by atoms with van der Waals surface area (Å²) in [5.41, 5.74) is 1.04. The van der Waals surface area contributed by atoms with Crippen molar-refractivity contribution in [2.24, 2.45) is 0 Å². The van der Waals surface area contributed by atoms with Gasteiger partial charge in [-0.1, -0.05) is 12.1 Å². The Kier molecular flexibility index (Phi) is 7.01. The summed E-state index contributed by atoms with van der Waals surface area (Å²) in [7, 11) is 2.87. The molecule has 0 heterocycles. The number of methoxy groups -OCH3 is 1. The molecule has 0 fully saturated rings. The number of halogens is 1.